The second-order valence-corrected chi connectivity index (χ2v) is 7.08. The smallest absolute Gasteiger partial charge is 0.110 e. The minimum atomic E-state index is 0.289. The topological polar surface area (TPSA) is 42.7 Å². The Hall–Kier alpha value is -1.98. The Morgan fingerprint density at radius 3 is 2.48 bits per heavy atom. The van der Waals surface area contributed by atoms with Gasteiger partial charge >= 0.3 is 0 Å². The molecule has 0 radical (unpaired) electrons. The van der Waals surface area contributed by atoms with Crippen molar-refractivity contribution in [3.63, 3.8) is 0 Å². The number of hydrogen-bond donors (Lipinski definition) is 1. The zero-order valence-corrected chi connectivity index (χ0v) is 14.8. The third kappa shape index (κ3) is 3.51. The predicted molar refractivity (Wildman–Crippen MR) is 95.1 cm³/mol. The number of rotatable bonds is 5. The summed E-state index contributed by atoms with van der Waals surface area (Å²) in [5.41, 5.74) is 3.55. The normalized spacial score (nSPS) is 12.5. The number of imidazole rings is 1. The fraction of sp³-hybridized carbons (Fsp3) is 0.333. The Morgan fingerprint density at radius 2 is 1.91 bits per heavy atom. The zero-order valence-electron chi connectivity index (χ0n) is 14.0. The first-order valence-electron chi connectivity index (χ1n) is 7.81. The average Bonchev–Trinajstić information content (AvgIpc) is 3.11. The summed E-state index contributed by atoms with van der Waals surface area (Å²) >= 11 is 1.77. The van der Waals surface area contributed by atoms with Crippen LogP contribution in [0.3, 0.4) is 0 Å². The number of benzene rings is 1. The van der Waals surface area contributed by atoms with E-state index in [9.17, 15) is 0 Å². The van der Waals surface area contributed by atoms with Crippen LogP contribution in [0.1, 0.15) is 39.9 Å². The fourth-order valence-corrected chi connectivity index (χ4v) is 3.43. The van der Waals surface area contributed by atoms with Gasteiger partial charge in [-0.3, -0.25) is 0 Å². The van der Waals surface area contributed by atoms with Crippen molar-refractivity contribution in [3.8, 4) is 5.69 Å². The summed E-state index contributed by atoms with van der Waals surface area (Å²) in [6.07, 6.45) is 3.81. The SMILES string of the molecule is Cc1nc(CN[C@@H](C)c2ccc(-n3ccnc3C)cc2)sc1C. The van der Waals surface area contributed by atoms with Crippen LogP contribution in [0, 0.1) is 20.8 Å². The molecular formula is C18H22N4S. The molecule has 0 saturated carbocycles. The fourth-order valence-electron chi connectivity index (χ4n) is 2.55. The molecular weight excluding hydrogens is 304 g/mol. The van der Waals surface area contributed by atoms with Gasteiger partial charge in [0.15, 0.2) is 0 Å². The lowest BCUT2D eigenvalue weighted by Gasteiger charge is -2.14. The predicted octanol–water partition coefficient (Wildman–Crippen LogP) is 4.10. The number of nitrogens with zero attached hydrogens (tertiary/aromatic N) is 3. The van der Waals surface area contributed by atoms with Crippen molar-refractivity contribution in [2.24, 2.45) is 0 Å². The minimum absolute atomic E-state index is 0.289. The summed E-state index contributed by atoms with van der Waals surface area (Å²) < 4.78 is 2.09. The van der Waals surface area contributed by atoms with Crippen molar-refractivity contribution in [2.75, 3.05) is 0 Å². The van der Waals surface area contributed by atoms with Gasteiger partial charge in [0.2, 0.25) is 0 Å². The van der Waals surface area contributed by atoms with Crippen LogP contribution in [0.2, 0.25) is 0 Å². The van der Waals surface area contributed by atoms with E-state index >= 15 is 0 Å². The molecule has 1 aromatic carbocycles. The molecule has 0 fully saturated rings. The van der Waals surface area contributed by atoms with E-state index in [0.717, 1.165) is 28.8 Å². The van der Waals surface area contributed by atoms with Gasteiger partial charge in [-0.2, -0.15) is 0 Å². The van der Waals surface area contributed by atoms with E-state index in [4.69, 9.17) is 0 Å². The van der Waals surface area contributed by atoms with Crippen molar-refractivity contribution in [1.82, 2.24) is 19.9 Å². The van der Waals surface area contributed by atoms with Crippen LogP contribution in [0.25, 0.3) is 5.69 Å². The molecule has 0 aliphatic carbocycles. The van der Waals surface area contributed by atoms with Gasteiger partial charge in [0.25, 0.3) is 0 Å². The van der Waals surface area contributed by atoms with Gasteiger partial charge in [-0.15, -0.1) is 11.3 Å². The molecule has 23 heavy (non-hydrogen) atoms. The van der Waals surface area contributed by atoms with Crippen molar-refractivity contribution in [1.29, 1.82) is 0 Å². The third-order valence-electron chi connectivity index (χ3n) is 4.13. The van der Waals surface area contributed by atoms with E-state index in [2.05, 4.69) is 64.9 Å². The van der Waals surface area contributed by atoms with Gasteiger partial charge in [0, 0.05) is 35.5 Å². The molecule has 3 rings (SSSR count). The monoisotopic (exact) mass is 326 g/mol. The first kappa shape index (κ1) is 15.9. The van der Waals surface area contributed by atoms with E-state index in [-0.39, 0.29) is 6.04 Å². The Bertz CT molecular complexity index is 766. The molecule has 2 aromatic heterocycles. The number of aromatic nitrogens is 3. The minimum Gasteiger partial charge on any atom is -0.304 e. The quantitative estimate of drug-likeness (QED) is 0.767. The number of nitrogens with one attached hydrogen (secondary N) is 1. The molecule has 0 bridgehead atoms. The molecule has 5 heteroatoms. The molecule has 0 aliphatic heterocycles. The van der Waals surface area contributed by atoms with Crippen LogP contribution in [0.15, 0.2) is 36.7 Å². The first-order valence-corrected chi connectivity index (χ1v) is 8.63. The summed E-state index contributed by atoms with van der Waals surface area (Å²) in [5, 5.41) is 4.70. The Kier molecular flexibility index (Phi) is 4.59. The van der Waals surface area contributed by atoms with Crippen molar-refractivity contribution in [2.45, 2.75) is 40.3 Å². The summed E-state index contributed by atoms with van der Waals surface area (Å²) in [6.45, 7) is 9.19. The molecule has 0 unspecified atom stereocenters. The van der Waals surface area contributed by atoms with Crippen LogP contribution in [-0.4, -0.2) is 14.5 Å². The molecule has 1 N–H and O–H groups in total. The average molecular weight is 326 g/mol. The van der Waals surface area contributed by atoms with Crippen LogP contribution in [0.5, 0.6) is 0 Å². The van der Waals surface area contributed by atoms with E-state index in [1.54, 1.807) is 11.3 Å². The lowest BCUT2D eigenvalue weighted by atomic mass is 10.1. The summed E-state index contributed by atoms with van der Waals surface area (Å²) in [5.74, 6) is 0.999. The van der Waals surface area contributed by atoms with Crippen molar-refractivity contribution in [3.05, 3.63) is 63.6 Å². The Labute approximate surface area is 141 Å². The molecule has 0 aliphatic rings. The molecule has 0 amide bonds. The number of thiazole rings is 1. The number of aryl methyl sites for hydroxylation is 3. The summed E-state index contributed by atoms with van der Waals surface area (Å²) in [6, 6.07) is 8.91. The van der Waals surface area contributed by atoms with E-state index in [1.807, 2.05) is 19.3 Å². The van der Waals surface area contributed by atoms with Crippen LogP contribution in [-0.2, 0) is 6.54 Å². The zero-order chi connectivity index (χ0) is 16.4. The molecule has 3 aromatic rings. The van der Waals surface area contributed by atoms with Crippen LogP contribution < -0.4 is 5.32 Å². The van der Waals surface area contributed by atoms with Crippen molar-refractivity contribution >= 4 is 11.3 Å². The molecule has 2 heterocycles. The maximum absolute atomic E-state index is 4.58. The van der Waals surface area contributed by atoms with Gasteiger partial charge in [-0.05, 0) is 45.4 Å². The molecule has 0 saturated heterocycles. The lowest BCUT2D eigenvalue weighted by Crippen LogP contribution is -2.18. The third-order valence-corrected chi connectivity index (χ3v) is 5.20. The van der Waals surface area contributed by atoms with E-state index in [1.165, 1.54) is 10.4 Å². The van der Waals surface area contributed by atoms with Crippen LogP contribution >= 0.6 is 11.3 Å². The van der Waals surface area contributed by atoms with Crippen molar-refractivity contribution < 1.29 is 0 Å². The lowest BCUT2D eigenvalue weighted by molar-refractivity contribution is 0.573. The van der Waals surface area contributed by atoms with Gasteiger partial charge in [0.05, 0.1) is 5.69 Å². The highest BCUT2D eigenvalue weighted by Gasteiger charge is 2.08. The second-order valence-electron chi connectivity index (χ2n) is 5.79. The van der Waals surface area contributed by atoms with Crippen LogP contribution in [0.4, 0.5) is 0 Å². The highest BCUT2D eigenvalue weighted by Crippen LogP contribution is 2.19. The number of hydrogen-bond acceptors (Lipinski definition) is 4. The molecule has 0 spiro atoms. The Balaban J connectivity index is 1.65. The Morgan fingerprint density at radius 1 is 1.17 bits per heavy atom. The largest absolute Gasteiger partial charge is 0.304 e. The molecule has 120 valence electrons. The first-order chi connectivity index (χ1) is 11.0. The van der Waals surface area contributed by atoms with E-state index < -0.39 is 0 Å². The highest BCUT2D eigenvalue weighted by atomic mass is 32.1. The summed E-state index contributed by atoms with van der Waals surface area (Å²) in [4.78, 5) is 10.1. The highest BCUT2D eigenvalue weighted by molar-refractivity contribution is 7.11. The van der Waals surface area contributed by atoms with Gasteiger partial charge in [0.1, 0.15) is 10.8 Å². The standard InChI is InChI=1S/C18H22N4S/c1-12-14(3)23-18(21-12)11-20-13(2)16-5-7-17(8-6-16)22-10-9-19-15(22)4/h5-10,13,20H,11H2,1-4H3/t13-/m0/s1. The molecule has 4 nitrogen and oxygen atoms in total. The van der Waals surface area contributed by atoms with E-state index in [0.29, 0.717) is 0 Å². The van der Waals surface area contributed by atoms with Gasteiger partial charge in [-0.1, -0.05) is 12.1 Å². The maximum atomic E-state index is 4.58. The second kappa shape index (κ2) is 6.64. The van der Waals surface area contributed by atoms with Gasteiger partial charge < -0.3 is 9.88 Å². The molecule has 1 atom stereocenters. The summed E-state index contributed by atoms with van der Waals surface area (Å²) in [7, 11) is 0. The maximum Gasteiger partial charge on any atom is 0.110 e. The van der Waals surface area contributed by atoms with Gasteiger partial charge in [-0.25, -0.2) is 9.97 Å².